The number of rotatable bonds is 9. The topological polar surface area (TPSA) is 55.3 Å². The van der Waals surface area contributed by atoms with Crippen molar-refractivity contribution < 1.29 is 14.2 Å². The molecule has 1 aliphatic rings. The molecule has 27 heavy (non-hydrogen) atoms. The van der Waals surface area contributed by atoms with Crippen LogP contribution in [0.2, 0.25) is 0 Å². The molecule has 1 aromatic carbocycles. The first-order chi connectivity index (χ1) is 12.7. The maximum atomic E-state index is 5.46. The number of unbranched alkanes of at least 4 members (excludes halogenated alkanes) is 2. The maximum absolute atomic E-state index is 5.46. The first kappa shape index (κ1) is 23.8. The number of fused-ring (bicyclic) bond motifs is 1. The Labute approximate surface area is 180 Å². The molecule has 0 aliphatic carbocycles. The van der Waals surface area contributed by atoms with Crippen LogP contribution in [0.3, 0.4) is 0 Å². The van der Waals surface area contributed by atoms with Gasteiger partial charge in [0.15, 0.2) is 17.5 Å². The minimum absolute atomic E-state index is 0. The Kier molecular flexibility index (Phi) is 11.5. The molecule has 0 spiro atoms. The molecule has 0 bridgehead atoms. The summed E-state index contributed by atoms with van der Waals surface area (Å²) < 4.78 is 16.0. The number of guanidine groups is 1. The van der Waals surface area contributed by atoms with Gasteiger partial charge in [-0.1, -0.05) is 0 Å². The Hall–Kier alpha value is -1.22. The summed E-state index contributed by atoms with van der Waals surface area (Å²) in [5.41, 5.74) is 2.61. The average molecular weight is 491 g/mol. The van der Waals surface area contributed by atoms with Crippen LogP contribution in [0.1, 0.15) is 37.3 Å². The minimum atomic E-state index is 0. The van der Waals surface area contributed by atoms with Gasteiger partial charge in [-0.2, -0.15) is 0 Å². The van der Waals surface area contributed by atoms with Gasteiger partial charge in [-0.05, 0) is 55.9 Å². The van der Waals surface area contributed by atoms with Crippen molar-refractivity contribution in [1.29, 1.82) is 0 Å². The lowest BCUT2D eigenvalue weighted by Crippen LogP contribution is -2.44. The zero-order valence-electron chi connectivity index (χ0n) is 17.0. The third-order valence-electron chi connectivity index (χ3n) is 4.62. The normalized spacial score (nSPS) is 13.6. The van der Waals surface area contributed by atoms with E-state index in [1.165, 1.54) is 11.1 Å². The minimum Gasteiger partial charge on any atom is -0.493 e. The van der Waals surface area contributed by atoms with Gasteiger partial charge in [-0.25, -0.2) is 0 Å². The highest BCUT2D eigenvalue weighted by atomic mass is 127. The molecular weight excluding hydrogens is 457 g/mol. The average Bonchev–Trinajstić information content (AvgIpc) is 2.68. The van der Waals surface area contributed by atoms with E-state index in [0.717, 1.165) is 75.9 Å². The van der Waals surface area contributed by atoms with E-state index in [2.05, 4.69) is 29.3 Å². The molecule has 0 saturated carbocycles. The van der Waals surface area contributed by atoms with Crippen molar-refractivity contribution >= 4 is 29.9 Å². The smallest absolute Gasteiger partial charge is 0.194 e. The molecule has 7 heteroatoms. The molecule has 1 aromatic rings. The molecule has 1 N–H and O–H groups in total. The summed E-state index contributed by atoms with van der Waals surface area (Å²) in [7, 11) is 5.11. The fourth-order valence-corrected chi connectivity index (χ4v) is 3.21. The molecule has 0 saturated heterocycles. The SMILES string of the molecule is CCNC(=NCCCCCOC)N1CCc2cc(OC)c(OC)cc2C1.I. The highest BCUT2D eigenvalue weighted by Gasteiger charge is 2.21. The van der Waals surface area contributed by atoms with Crippen molar-refractivity contribution in [3.05, 3.63) is 23.3 Å². The fourth-order valence-electron chi connectivity index (χ4n) is 3.21. The summed E-state index contributed by atoms with van der Waals surface area (Å²) in [6, 6.07) is 4.19. The molecule has 0 unspecified atom stereocenters. The van der Waals surface area contributed by atoms with Crippen LogP contribution in [0.15, 0.2) is 17.1 Å². The molecular formula is C20H34IN3O3. The lowest BCUT2D eigenvalue weighted by Gasteiger charge is -2.32. The van der Waals surface area contributed by atoms with E-state index in [9.17, 15) is 0 Å². The van der Waals surface area contributed by atoms with Crippen LogP contribution in [0.5, 0.6) is 11.5 Å². The van der Waals surface area contributed by atoms with Gasteiger partial charge in [0.1, 0.15) is 0 Å². The van der Waals surface area contributed by atoms with Crippen LogP contribution >= 0.6 is 24.0 Å². The third-order valence-corrected chi connectivity index (χ3v) is 4.62. The fraction of sp³-hybridized carbons (Fsp3) is 0.650. The number of ether oxygens (including phenoxy) is 3. The quantitative estimate of drug-likeness (QED) is 0.248. The van der Waals surface area contributed by atoms with Crippen molar-refractivity contribution in [1.82, 2.24) is 10.2 Å². The summed E-state index contributed by atoms with van der Waals surface area (Å²) in [6.07, 6.45) is 4.32. The summed E-state index contributed by atoms with van der Waals surface area (Å²) >= 11 is 0. The van der Waals surface area contributed by atoms with Gasteiger partial charge in [0.25, 0.3) is 0 Å². The number of hydrogen-bond acceptors (Lipinski definition) is 4. The maximum Gasteiger partial charge on any atom is 0.194 e. The van der Waals surface area contributed by atoms with Gasteiger partial charge in [0, 0.05) is 39.9 Å². The van der Waals surface area contributed by atoms with Crippen molar-refractivity contribution in [2.75, 3.05) is 47.6 Å². The van der Waals surface area contributed by atoms with E-state index in [-0.39, 0.29) is 24.0 Å². The molecule has 1 heterocycles. The lowest BCUT2D eigenvalue weighted by molar-refractivity contribution is 0.192. The van der Waals surface area contributed by atoms with Crippen LogP contribution in [0.25, 0.3) is 0 Å². The molecule has 0 amide bonds. The van der Waals surface area contributed by atoms with Crippen LogP contribution in [0, 0.1) is 0 Å². The summed E-state index contributed by atoms with van der Waals surface area (Å²) in [4.78, 5) is 7.15. The van der Waals surface area contributed by atoms with E-state index in [1.807, 2.05) is 0 Å². The van der Waals surface area contributed by atoms with Crippen LogP contribution in [-0.2, 0) is 17.7 Å². The highest BCUT2D eigenvalue weighted by molar-refractivity contribution is 14.0. The van der Waals surface area contributed by atoms with E-state index in [0.29, 0.717) is 0 Å². The standard InChI is InChI=1S/C20H33N3O3.HI/c1-5-21-20(22-10-7-6-8-12-24-2)23-11-9-16-13-18(25-3)19(26-4)14-17(16)15-23;/h13-14H,5-12,15H2,1-4H3,(H,21,22);1H. The number of aliphatic imine (C=N–C) groups is 1. The Balaban J connectivity index is 0.00000364. The Bertz CT molecular complexity index is 596. The predicted molar refractivity (Wildman–Crippen MR) is 121 cm³/mol. The zero-order chi connectivity index (χ0) is 18.8. The first-order valence-corrected chi connectivity index (χ1v) is 9.49. The predicted octanol–water partition coefficient (Wildman–Crippen LogP) is 3.46. The van der Waals surface area contributed by atoms with Crippen molar-refractivity contribution in [3.8, 4) is 11.5 Å². The lowest BCUT2D eigenvalue weighted by atomic mass is 9.99. The molecule has 0 atom stereocenters. The molecule has 0 radical (unpaired) electrons. The number of hydrogen-bond donors (Lipinski definition) is 1. The van der Waals surface area contributed by atoms with Gasteiger partial charge in [-0.3, -0.25) is 4.99 Å². The Morgan fingerprint density at radius 1 is 1.07 bits per heavy atom. The first-order valence-electron chi connectivity index (χ1n) is 9.49. The number of nitrogens with zero attached hydrogens (tertiary/aromatic N) is 2. The third kappa shape index (κ3) is 7.03. The van der Waals surface area contributed by atoms with Crippen LogP contribution in [-0.4, -0.2) is 58.4 Å². The van der Waals surface area contributed by atoms with Gasteiger partial charge in [0.05, 0.1) is 14.2 Å². The molecule has 1 aliphatic heterocycles. The van der Waals surface area contributed by atoms with E-state index < -0.39 is 0 Å². The molecule has 0 fully saturated rings. The second-order valence-corrected chi connectivity index (χ2v) is 6.44. The summed E-state index contributed by atoms with van der Waals surface area (Å²) in [5, 5.41) is 3.43. The molecule has 154 valence electrons. The van der Waals surface area contributed by atoms with Crippen LogP contribution in [0.4, 0.5) is 0 Å². The van der Waals surface area contributed by atoms with Gasteiger partial charge >= 0.3 is 0 Å². The van der Waals surface area contributed by atoms with Crippen molar-refractivity contribution in [3.63, 3.8) is 0 Å². The summed E-state index contributed by atoms with van der Waals surface area (Å²) in [5.74, 6) is 2.59. The van der Waals surface area contributed by atoms with Gasteiger partial charge in [0.2, 0.25) is 0 Å². The highest BCUT2D eigenvalue weighted by Crippen LogP contribution is 2.33. The van der Waals surface area contributed by atoms with E-state index >= 15 is 0 Å². The van der Waals surface area contributed by atoms with Crippen LogP contribution < -0.4 is 14.8 Å². The number of methoxy groups -OCH3 is 3. The number of halogens is 1. The Morgan fingerprint density at radius 2 is 1.78 bits per heavy atom. The van der Waals surface area contributed by atoms with Gasteiger partial charge in [-0.15, -0.1) is 24.0 Å². The number of benzene rings is 1. The second-order valence-electron chi connectivity index (χ2n) is 6.44. The van der Waals surface area contributed by atoms with E-state index in [1.54, 1.807) is 21.3 Å². The number of nitrogens with one attached hydrogen (secondary N) is 1. The molecule has 0 aromatic heterocycles. The van der Waals surface area contributed by atoms with Crippen molar-refractivity contribution in [2.45, 2.75) is 39.2 Å². The Morgan fingerprint density at radius 3 is 2.41 bits per heavy atom. The molecule has 2 rings (SSSR count). The van der Waals surface area contributed by atoms with Gasteiger partial charge < -0.3 is 24.4 Å². The summed E-state index contributed by atoms with van der Waals surface area (Å²) in [6.45, 7) is 6.46. The van der Waals surface area contributed by atoms with E-state index in [4.69, 9.17) is 19.2 Å². The largest absolute Gasteiger partial charge is 0.493 e. The zero-order valence-corrected chi connectivity index (χ0v) is 19.4. The molecule has 6 nitrogen and oxygen atoms in total. The van der Waals surface area contributed by atoms with Crippen molar-refractivity contribution in [2.24, 2.45) is 4.99 Å². The monoisotopic (exact) mass is 491 g/mol. The second kappa shape index (κ2) is 13.0.